The van der Waals surface area contributed by atoms with Gasteiger partial charge in [0.05, 0.1) is 0 Å². The molecule has 5 heteroatoms. The van der Waals surface area contributed by atoms with Gasteiger partial charge in [-0.15, -0.1) is 0 Å². The summed E-state index contributed by atoms with van der Waals surface area (Å²) >= 11 is 0. The Balaban J connectivity index is 2.64. The van der Waals surface area contributed by atoms with Gasteiger partial charge in [0.15, 0.2) is 0 Å². The minimum atomic E-state index is -0.194. The van der Waals surface area contributed by atoms with Gasteiger partial charge in [0.2, 0.25) is 5.91 Å². The summed E-state index contributed by atoms with van der Waals surface area (Å²) in [6.45, 7) is 6.16. The summed E-state index contributed by atoms with van der Waals surface area (Å²) in [4.78, 5) is 24.8. The van der Waals surface area contributed by atoms with Crippen LogP contribution >= 0.6 is 0 Å². The number of hydrogen-bond donors (Lipinski definition) is 2. The van der Waals surface area contributed by atoms with E-state index in [2.05, 4.69) is 10.6 Å². The van der Waals surface area contributed by atoms with E-state index in [0.29, 0.717) is 6.54 Å². The lowest BCUT2D eigenvalue weighted by molar-refractivity contribution is -0.128. The topological polar surface area (TPSA) is 61.4 Å². The van der Waals surface area contributed by atoms with Crippen molar-refractivity contribution in [3.8, 4) is 0 Å². The van der Waals surface area contributed by atoms with E-state index in [1.807, 2.05) is 38.1 Å². The molecule has 0 bridgehead atoms. The maximum atomic E-state index is 11.9. The van der Waals surface area contributed by atoms with E-state index in [0.717, 1.165) is 24.1 Å². The standard InChI is InChI=1S/C16H25N3O2/c1-5-14(6-2)17-16(21)18-15-9-7-8-13(10-15)11-19(4)12(3)20/h7-10,14H,5-6,11H2,1-4H3,(H2,17,18,21). The van der Waals surface area contributed by atoms with Crippen molar-refractivity contribution in [1.82, 2.24) is 10.2 Å². The second kappa shape index (κ2) is 8.29. The smallest absolute Gasteiger partial charge is 0.319 e. The molecule has 0 radical (unpaired) electrons. The van der Waals surface area contributed by atoms with Gasteiger partial charge in [0.1, 0.15) is 0 Å². The van der Waals surface area contributed by atoms with Gasteiger partial charge in [-0.3, -0.25) is 4.79 Å². The molecule has 0 aromatic heterocycles. The normalized spacial score (nSPS) is 10.3. The van der Waals surface area contributed by atoms with E-state index in [1.54, 1.807) is 11.9 Å². The second-order valence-corrected chi connectivity index (χ2v) is 5.19. The lowest BCUT2D eigenvalue weighted by atomic mass is 10.2. The molecule has 116 valence electrons. The fourth-order valence-electron chi connectivity index (χ4n) is 1.98. The van der Waals surface area contributed by atoms with Crippen molar-refractivity contribution in [2.45, 2.75) is 46.2 Å². The second-order valence-electron chi connectivity index (χ2n) is 5.19. The number of carbonyl (C=O) groups is 2. The number of rotatable bonds is 6. The quantitative estimate of drug-likeness (QED) is 0.846. The van der Waals surface area contributed by atoms with Crippen molar-refractivity contribution < 1.29 is 9.59 Å². The third-order valence-electron chi connectivity index (χ3n) is 3.46. The van der Waals surface area contributed by atoms with Crippen LogP contribution in [0.4, 0.5) is 10.5 Å². The van der Waals surface area contributed by atoms with Crippen LogP contribution in [0.1, 0.15) is 39.2 Å². The Morgan fingerprint density at radius 2 is 1.90 bits per heavy atom. The fourth-order valence-corrected chi connectivity index (χ4v) is 1.98. The molecule has 21 heavy (non-hydrogen) atoms. The molecule has 2 N–H and O–H groups in total. The molecule has 5 nitrogen and oxygen atoms in total. The molecule has 0 aliphatic heterocycles. The molecule has 0 heterocycles. The van der Waals surface area contributed by atoms with Crippen molar-refractivity contribution in [2.24, 2.45) is 0 Å². The van der Waals surface area contributed by atoms with Crippen LogP contribution in [0.5, 0.6) is 0 Å². The number of benzene rings is 1. The molecule has 1 aromatic carbocycles. The van der Waals surface area contributed by atoms with Gasteiger partial charge in [-0.05, 0) is 30.5 Å². The predicted octanol–water partition coefficient (Wildman–Crippen LogP) is 2.98. The molecule has 0 fully saturated rings. The van der Waals surface area contributed by atoms with Gasteiger partial charge in [-0.1, -0.05) is 26.0 Å². The molecule has 1 aromatic rings. The summed E-state index contributed by atoms with van der Waals surface area (Å²) in [5.41, 5.74) is 1.71. The molecule has 3 amide bonds. The van der Waals surface area contributed by atoms with Gasteiger partial charge in [0, 0.05) is 32.2 Å². The van der Waals surface area contributed by atoms with Crippen LogP contribution in [0, 0.1) is 0 Å². The number of amides is 3. The van der Waals surface area contributed by atoms with Crippen molar-refractivity contribution in [2.75, 3.05) is 12.4 Å². The van der Waals surface area contributed by atoms with Crippen LogP contribution in [0.15, 0.2) is 24.3 Å². The highest BCUT2D eigenvalue weighted by atomic mass is 16.2. The average Bonchev–Trinajstić information content (AvgIpc) is 2.44. The lowest BCUT2D eigenvalue weighted by Crippen LogP contribution is -2.37. The van der Waals surface area contributed by atoms with Gasteiger partial charge in [0.25, 0.3) is 0 Å². The first-order chi connectivity index (χ1) is 9.96. The maximum Gasteiger partial charge on any atom is 0.319 e. The highest BCUT2D eigenvalue weighted by molar-refractivity contribution is 5.89. The minimum Gasteiger partial charge on any atom is -0.342 e. The van der Waals surface area contributed by atoms with Crippen LogP contribution in [0.25, 0.3) is 0 Å². The Labute approximate surface area is 126 Å². The van der Waals surface area contributed by atoms with E-state index >= 15 is 0 Å². The SMILES string of the molecule is CCC(CC)NC(=O)Nc1cccc(CN(C)C(C)=O)c1. The summed E-state index contributed by atoms with van der Waals surface area (Å²) in [5.74, 6) is 0.0137. The molecule has 1 rings (SSSR count). The van der Waals surface area contributed by atoms with E-state index in [-0.39, 0.29) is 18.0 Å². The van der Waals surface area contributed by atoms with E-state index in [4.69, 9.17) is 0 Å². The van der Waals surface area contributed by atoms with Crippen LogP contribution in [-0.2, 0) is 11.3 Å². The first kappa shape index (κ1) is 17.0. The zero-order chi connectivity index (χ0) is 15.8. The van der Waals surface area contributed by atoms with Gasteiger partial charge < -0.3 is 15.5 Å². The summed E-state index contributed by atoms with van der Waals surface area (Å²) < 4.78 is 0. The number of hydrogen-bond acceptors (Lipinski definition) is 2. The molecule has 0 aliphatic rings. The minimum absolute atomic E-state index is 0.0137. The van der Waals surface area contributed by atoms with Crippen LogP contribution in [0.3, 0.4) is 0 Å². The van der Waals surface area contributed by atoms with E-state index in [9.17, 15) is 9.59 Å². The number of nitrogens with zero attached hydrogens (tertiary/aromatic N) is 1. The van der Waals surface area contributed by atoms with E-state index in [1.165, 1.54) is 6.92 Å². The Bertz CT molecular complexity index is 484. The fraction of sp³-hybridized carbons (Fsp3) is 0.500. The zero-order valence-corrected chi connectivity index (χ0v) is 13.3. The van der Waals surface area contributed by atoms with Gasteiger partial charge >= 0.3 is 6.03 Å². The average molecular weight is 291 g/mol. The third kappa shape index (κ3) is 5.85. The number of carbonyl (C=O) groups excluding carboxylic acids is 2. The summed E-state index contributed by atoms with van der Waals surface area (Å²) in [6.07, 6.45) is 1.82. The molecule has 0 aliphatic carbocycles. The van der Waals surface area contributed by atoms with Crippen LogP contribution in [-0.4, -0.2) is 29.9 Å². The van der Waals surface area contributed by atoms with Crippen molar-refractivity contribution in [1.29, 1.82) is 0 Å². The molecular weight excluding hydrogens is 266 g/mol. The Hall–Kier alpha value is -2.04. The highest BCUT2D eigenvalue weighted by Crippen LogP contribution is 2.12. The first-order valence-corrected chi connectivity index (χ1v) is 7.34. The molecular formula is C16H25N3O2. The Kier molecular flexibility index (Phi) is 6.72. The van der Waals surface area contributed by atoms with Crippen LogP contribution in [0.2, 0.25) is 0 Å². The Morgan fingerprint density at radius 3 is 2.48 bits per heavy atom. The molecule has 0 atom stereocenters. The predicted molar refractivity (Wildman–Crippen MR) is 85.1 cm³/mol. The first-order valence-electron chi connectivity index (χ1n) is 7.34. The maximum absolute atomic E-state index is 11.9. The van der Waals surface area contributed by atoms with Crippen molar-refractivity contribution in [3.63, 3.8) is 0 Å². The van der Waals surface area contributed by atoms with Crippen molar-refractivity contribution >= 4 is 17.6 Å². The van der Waals surface area contributed by atoms with Crippen LogP contribution < -0.4 is 10.6 Å². The lowest BCUT2D eigenvalue weighted by Gasteiger charge is -2.17. The number of nitrogens with one attached hydrogen (secondary N) is 2. The summed E-state index contributed by atoms with van der Waals surface area (Å²) in [5, 5.41) is 5.76. The molecule has 0 saturated carbocycles. The molecule has 0 saturated heterocycles. The number of urea groups is 1. The Morgan fingerprint density at radius 1 is 1.24 bits per heavy atom. The monoisotopic (exact) mass is 291 g/mol. The van der Waals surface area contributed by atoms with Crippen molar-refractivity contribution in [3.05, 3.63) is 29.8 Å². The summed E-state index contributed by atoms with van der Waals surface area (Å²) in [7, 11) is 1.75. The van der Waals surface area contributed by atoms with E-state index < -0.39 is 0 Å². The number of anilines is 1. The molecule has 0 spiro atoms. The highest BCUT2D eigenvalue weighted by Gasteiger charge is 2.09. The zero-order valence-electron chi connectivity index (χ0n) is 13.3. The largest absolute Gasteiger partial charge is 0.342 e. The molecule has 0 unspecified atom stereocenters. The van der Waals surface area contributed by atoms with Gasteiger partial charge in [-0.25, -0.2) is 4.79 Å². The van der Waals surface area contributed by atoms with Gasteiger partial charge in [-0.2, -0.15) is 0 Å². The summed E-state index contributed by atoms with van der Waals surface area (Å²) in [6, 6.07) is 7.52. The third-order valence-corrected chi connectivity index (χ3v) is 3.46.